The van der Waals surface area contributed by atoms with E-state index < -0.39 is 35.3 Å². The Bertz CT molecular complexity index is 2370. The van der Waals surface area contributed by atoms with E-state index in [2.05, 4.69) is 48.7 Å². The summed E-state index contributed by atoms with van der Waals surface area (Å²) in [6.45, 7) is 8.78. The third-order valence-corrected chi connectivity index (χ3v) is 11.5. The lowest BCUT2D eigenvalue weighted by Crippen LogP contribution is -2.57. The van der Waals surface area contributed by atoms with Gasteiger partial charge in [-0.2, -0.15) is 30.9 Å². The van der Waals surface area contributed by atoms with Crippen molar-refractivity contribution in [2.75, 3.05) is 30.0 Å². The Hall–Kier alpha value is -6.15. The number of unbranched alkanes of at least 4 members (excludes halogenated alkanes) is 1. The number of pyridine rings is 1. The number of rotatable bonds is 16. The first-order valence-corrected chi connectivity index (χ1v) is 22.0. The van der Waals surface area contributed by atoms with Crippen molar-refractivity contribution in [2.24, 2.45) is 11.1 Å². The Morgan fingerprint density at radius 1 is 1.02 bits per heavy atom. The second kappa shape index (κ2) is 22.0. The second-order valence-corrected chi connectivity index (χ2v) is 17.3. The first kappa shape index (κ1) is 48.9. The number of aromatic nitrogens is 4. The fourth-order valence-corrected chi connectivity index (χ4v) is 7.62. The molecule has 1 fully saturated rings. The molecule has 2 unspecified atom stereocenters. The predicted molar refractivity (Wildman–Crippen MR) is 244 cm³/mol. The van der Waals surface area contributed by atoms with Gasteiger partial charge in [-0.25, -0.2) is 9.97 Å². The van der Waals surface area contributed by atoms with Crippen LogP contribution in [-0.2, 0) is 20.9 Å². The number of anilines is 3. The molecule has 4 amide bonds. The van der Waals surface area contributed by atoms with Crippen LogP contribution in [0.5, 0.6) is 5.88 Å². The summed E-state index contributed by atoms with van der Waals surface area (Å²) in [5, 5.41) is 16.2. The highest BCUT2D eigenvalue weighted by Crippen LogP contribution is 2.31. The van der Waals surface area contributed by atoms with Crippen molar-refractivity contribution in [3.8, 4) is 27.6 Å². The van der Waals surface area contributed by atoms with Gasteiger partial charge in [-0.1, -0.05) is 57.2 Å². The fraction of sp³-hybridized carbons (Fsp3) is 0.386. The van der Waals surface area contributed by atoms with Crippen LogP contribution in [0.2, 0.25) is 0 Å². The molecule has 0 aliphatic carbocycles. The summed E-state index contributed by atoms with van der Waals surface area (Å²) in [5.74, 6) is -1.82. The van der Waals surface area contributed by atoms with Gasteiger partial charge >= 0.3 is 6.18 Å². The molecule has 0 spiro atoms. The van der Waals surface area contributed by atoms with E-state index in [9.17, 15) is 32.3 Å². The van der Waals surface area contributed by atoms with Gasteiger partial charge in [-0.15, -0.1) is 11.3 Å². The minimum Gasteiger partial charge on any atom is -0.478 e. The van der Waals surface area contributed by atoms with E-state index in [1.807, 2.05) is 57.5 Å². The molecule has 64 heavy (non-hydrogen) atoms. The molecule has 0 bridgehead atoms. The molecule has 20 heteroatoms. The molecule has 15 nitrogen and oxygen atoms in total. The van der Waals surface area contributed by atoms with Crippen LogP contribution < -0.4 is 32.2 Å². The summed E-state index contributed by atoms with van der Waals surface area (Å²) in [5.41, 5.74) is 18.3. The Balaban J connectivity index is 0.00000120. The molecule has 2 atom stereocenters. The van der Waals surface area contributed by atoms with E-state index in [-0.39, 0.29) is 35.5 Å². The van der Waals surface area contributed by atoms with Crippen molar-refractivity contribution >= 4 is 64.8 Å². The van der Waals surface area contributed by atoms with Crippen molar-refractivity contribution in [1.82, 2.24) is 35.7 Å². The lowest BCUT2D eigenvalue weighted by Gasteiger charge is -2.35. The molecular formula is C44H53F3N10O5S2. The summed E-state index contributed by atoms with van der Waals surface area (Å²) in [4.78, 5) is 64.2. The maximum atomic E-state index is 14.0. The van der Waals surface area contributed by atoms with Crippen LogP contribution in [0.25, 0.3) is 21.7 Å². The Morgan fingerprint density at radius 2 is 1.70 bits per heavy atom. The number of nitrogens with one attached hydrogen (secondary N) is 4. The number of aryl methyl sites for hydroxylation is 1. The molecule has 1 aliphatic heterocycles. The van der Waals surface area contributed by atoms with Crippen molar-refractivity contribution in [1.29, 1.82) is 0 Å². The molecule has 2 aromatic carbocycles. The van der Waals surface area contributed by atoms with Gasteiger partial charge in [0.15, 0.2) is 5.82 Å². The van der Waals surface area contributed by atoms with Crippen molar-refractivity contribution in [3.63, 3.8) is 0 Å². The topological polar surface area (TPSA) is 223 Å². The van der Waals surface area contributed by atoms with Gasteiger partial charge < -0.3 is 37.1 Å². The maximum absolute atomic E-state index is 14.0. The average Bonchev–Trinajstić information content (AvgIpc) is 4.02. The van der Waals surface area contributed by atoms with E-state index in [0.717, 1.165) is 21.7 Å². The number of hydrogen-bond acceptors (Lipinski definition) is 12. The number of amides is 4. The highest BCUT2D eigenvalue weighted by Gasteiger charge is 2.41. The summed E-state index contributed by atoms with van der Waals surface area (Å²) >= 11 is 4.57. The average molecular weight is 923 g/mol. The van der Waals surface area contributed by atoms with Gasteiger partial charge in [0.2, 0.25) is 23.6 Å². The third-order valence-electron chi connectivity index (χ3n) is 10.1. The van der Waals surface area contributed by atoms with Gasteiger partial charge in [0.05, 0.1) is 34.1 Å². The fourth-order valence-electron chi connectivity index (χ4n) is 6.81. The molecule has 1 aliphatic rings. The number of ether oxygens (including phenoxy) is 1. The number of benzene rings is 2. The van der Waals surface area contributed by atoms with Crippen LogP contribution in [0, 0.1) is 12.3 Å². The number of nitrogens with zero attached hydrogens (tertiary/aromatic N) is 4. The summed E-state index contributed by atoms with van der Waals surface area (Å²) in [6, 6.07) is 17.0. The number of primary amides is 1. The smallest absolute Gasteiger partial charge is 0.397 e. The number of aromatic amines is 1. The summed E-state index contributed by atoms with van der Waals surface area (Å²) in [7, 11) is 0. The zero-order valence-electron chi connectivity index (χ0n) is 35.9. The van der Waals surface area contributed by atoms with Crippen molar-refractivity contribution < 1.29 is 37.1 Å². The van der Waals surface area contributed by atoms with Crippen LogP contribution in [0.15, 0.2) is 72.4 Å². The van der Waals surface area contributed by atoms with E-state index in [0.29, 0.717) is 73.9 Å². The van der Waals surface area contributed by atoms with Gasteiger partial charge in [0.1, 0.15) is 17.6 Å². The molecule has 4 heterocycles. The molecule has 3 aromatic heterocycles. The zero-order valence-corrected chi connectivity index (χ0v) is 37.6. The predicted octanol–water partition coefficient (Wildman–Crippen LogP) is 7.19. The molecule has 1 saturated heterocycles. The van der Waals surface area contributed by atoms with E-state index in [1.165, 1.54) is 0 Å². The van der Waals surface area contributed by atoms with Crippen LogP contribution >= 0.6 is 24.0 Å². The largest absolute Gasteiger partial charge is 0.478 e. The standard InChI is InChI=1S/C42H50N10O5S.C2H3F3S/c1-25-36(58-24-47-25)28-12-10-26(11-13-28)23-46-40(55)31-8-7-20-52(31)41(56)37(42(2,3)4)49-32(53)9-5-6-21-57-33-22-30(18-19-45-33)48-39-34(38(44)54)35(50-51-39)27-14-16-29(43)17-15-27;3-2(4,5)1-6/h10-19,22,24,31,37H,5-9,20-21,23,43H2,1-4H3,(H2,44,54)(H,46,55)(H,49,53)(H2,45,48,50,51);6H,1H2. The van der Waals surface area contributed by atoms with Gasteiger partial charge in [-0.05, 0) is 67.3 Å². The first-order chi connectivity index (χ1) is 30.3. The Morgan fingerprint density at radius 3 is 2.33 bits per heavy atom. The van der Waals surface area contributed by atoms with Gasteiger partial charge in [-0.3, -0.25) is 24.3 Å². The zero-order chi connectivity index (χ0) is 46.6. The third kappa shape index (κ3) is 13.7. The number of likely N-dealkylation sites (tertiary alicyclic amines) is 1. The van der Waals surface area contributed by atoms with Crippen molar-refractivity contribution in [3.05, 3.63) is 89.2 Å². The number of nitrogen functional groups attached to an aromatic ring is 1. The molecule has 0 radical (unpaired) electrons. The summed E-state index contributed by atoms with van der Waals surface area (Å²) in [6.07, 6.45) is -0.0177. The number of halogens is 3. The lowest BCUT2D eigenvalue weighted by molar-refractivity contribution is -0.144. The molecular weight excluding hydrogens is 870 g/mol. The number of alkyl halides is 3. The Labute approximate surface area is 378 Å². The summed E-state index contributed by atoms with van der Waals surface area (Å²) < 4.78 is 38.0. The number of carbonyl (C=O) groups excluding carboxylic acids is 4. The number of thiazole rings is 1. The number of hydrogen-bond donors (Lipinski definition) is 7. The molecule has 6 rings (SSSR count). The van der Waals surface area contributed by atoms with Gasteiger partial charge in [0.25, 0.3) is 5.91 Å². The number of carbonyl (C=O) groups is 4. The van der Waals surface area contributed by atoms with E-state index in [1.54, 1.807) is 58.8 Å². The normalized spacial score (nSPS) is 14.2. The van der Waals surface area contributed by atoms with Crippen molar-refractivity contribution in [2.45, 2.75) is 84.6 Å². The minimum atomic E-state index is -4.09. The molecule has 5 aromatic rings. The highest BCUT2D eigenvalue weighted by atomic mass is 32.1. The quantitative estimate of drug-likeness (QED) is 0.0300. The molecule has 8 N–H and O–H groups in total. The highest BCUT2D eigenvalue weighted by molar-refractivity contribution is 7.80. The van der Waals surface area contributed by atoms with Crippen LogP contribution in [0.3, 0.4) is 0 Å². The molecule has 0 saturated carbocycles. The van der Waals surface area contributed by atoms with E-state index in [4.69, 9.17) is 16.2 Å². The van der Waals surface area contributed by atoms with Crippen LogP contribution in [-0.4, -0.2) is 85.9 Å². The molecule has 342 valence electrons. The minimum absolute atomic E-state index is 0.189. The maximum Gasteiger partial charge on any atom is 0.397 e. The van der Waals surface area contributed by atoms with Crippen LogP contribution in [0.1, 0.15) is 74.5 Å². The Kier molecular flexibility index (Phi) is 16.8. The lowest BCUT2D eigenvalue weighted by atomic mass is 9.85. The number of thiol groups is 1. The van der Waals surface area contributed by atoms with Gasteiger partial charge in [0, 0.05) is 48.7 Å². The first-order valence-electron chi connectivity index (χ1n) is 20.5. The number of nitrogens with two attached hydrogens (primary N) is 2. The van der Waals surface area contributed by atoms with Crippen LogP contribution in [0.4, 0.5) is 30.4 Å². The van der Waals surface area contributed by atoms with E-state index >= 15 is 0 Å². The second-order valence-electron chi connectivity index (χ2n) is 16.1. The number of H-pyrrole nitrogens is 1. The SMILES string of the molecule is Cc1ncsc1-c1ccc(CNC(=O)C2CCCN2C(=O)C(NC(=O)CCCCOc2cc(Nc3n[nH]c(-c4ccc(N)cc4)c3C(N)=O)ccn2)C(C)(C)C)cc1.FC(F)(F)CS. The monoisotopic (exact) mass is 922 g/mol.